The summed E-state index contributed by atoms with van der Waals surface area (Å²) in [5, 5.41) is 20.6. The molecule has 2 heteroatoms. The van der Waals surface area contributed by atoms with Crippen molar-refractivity contribution < 1.29 is 10.2 Å². The molecule has 0 amide bonds. The van der Waals surface area contributed by atoms with Crippen LogP contribution in [0.25, 0.3) is 0 Å². The molecule has 0 fully saturated rings. The Hall–Kier alpha value is -1.12. The fourth-order valence-electron chi connectivity index (χ4n) is 4.92. The second-order valence-corrected chi connectivity index (χ2v) is 11.7. The highest BCUT2D eigenvalue weighted by Crippen LogP contribution is 2.21. The number of aliphatic hydroxyl groups is 2. The molecule has 0 saturated carbocycles. The van der Waals surface area contributed by atoms with Crippen LogP contribution in [0.5, 0.6) is 0 Å². The van der Waals surface area contributed by atoms with Crippen LogP contribution in [-0.4, -0.2) is 16.0 Å². The maximum atomic E-state index is 10.3. The summed E-state index contributed by atoms with van der Waals surface area (Å²) in [4.78, 5) is 0. The van der Waals surface area contributed by atoms with Crippen molar-refractivity contribution in [3.8, 4) is 0 Å². The molecular formula is C37H68O2. The molecule has 0 aliphatic heterocycles. The summed E-state index contributed by atoms with van der Waals surface area (Å²) in [5.41, 5.74) is 0. The third-order valence-electron chi connectivity index (χ3n) is 7.56. The van der Waals surface area contributed by atoms with E-state index in [9.17, 15) is 10.2 Å². The lowest BCUT2D eigenvalue weighted by molar-refractivity contribution is -0.172. The summed E-state index contributed by atoms with van der Waals surface area (Å²) in [5.74, 6) is -1.45. The zero-order valence-corrected chi connectivity index (χ0v) is 26.4. The molecule has 0 aromatic heterocycles. The molecule has 0 radical (unpaired) electrons. The molecule has 0 aliphatic carbocycles. The van der Waals surface area contributed by atoms with E-state index in [2.05, 4.69) is 62.5 Å². The molecule has 2 nitrogen and oxygen atoms in total. The van der Waals surface area contributed by atoms with Gasteiger partial charge in [-0.05, 0) is 77.0 Å². The second kappa shape index (κ2) is 31.4. The zero-order chi connectivity index (χ0) is 28.5. The minimum Gasteiger partial charge on any atom is -0.366 e. The molecule has 0 saturated heterocycles. The molecule has 0 aromatic rings. The molecule has 0 spiro atoms. The van der Waals surface area contributed by atoms with Crippen molar-refractivity contribution in [1.82, 2.24) is 0 Å². The zero-order valence-electron chi connectivity index (χ0n) is 26.4. The van der Waals surface area contributed by atoms with Gasteiger partial charge in [0.2, 0.25) is 0 Å². The first-order valence-electron chi connectivity index (χ1n) is 17.2. The topological polar surface area (TPSA) is 40.5 Å². The number of rotatable bonds is 30. The number of hydrogen-bond donors (Lipinski definition) is 2. The van der Waals surface area contributed by atoms with E-state index in [1.54, 1.807) is 0 Å². The first-order valence-corrected chi connectivity index (χ1v) is 17.2. The van der Waals surface area contributed by atoms with Crippen LogP contribution >= 0.6 is 0 Å². The van der Waals surface area contributed by atoms with Gasteiger partial charge in [0.1, 0.15) is 0 Å². The van der Waals surface area contributed by atoms with Gasteiger partial charge < -0.3 is 10.2 Å². The SMILES string of the molecule is CCCCC/C=C\C/C=C\CCCCCCCCC(O)(O)CCCCCCCC/C=C\C/C=C\CCCCC. The van der Waals surface area contributed by atoms with Gasteiger partial charge in [-0.1, -0.05) is 140 Å². The molecule has 2 N–H and O–H groups in total. The fourth-order valence-corrected chi connectivity index (χ4v) is 4.92. The van der Waals surface area contributed by atoms with Crippen molar-refractivity contribution in [2.75, 3.05) is 0 Å². The number of allylic oxidation sites excluding steroid dienone is 8. The summed E-state index contributed by atoms with van der Waals surface area (Å²) in [6.45, 7) is 4.50. The highest BCUT2D eigenvalue weighted by atomic mass is 16.5. The Morgan fingerprint density at radius 1 is 0.359 bits per heavy atom. The van der Waals surface area contributed by atoms with E-state index >= 15 is 0 Å². The van der Waals surface area contributed by atoms with Gasteiger partial charge in [0.25, 0.3) is 0 Å². The van der Waals surface area contributed by atoms with Crippen molar-refractivity contribution in [3.05, 3.63) is 48.6 Å². The van der Waals surface area contributed by atoms with E-state index < -0.39 is 5.79 Å². The predicted octanol–water partition coefficient (Wildman–Crippen LogP) is 12.1. The molecule has 0 unspecified atom stereocenters. The minimum absolute atomic E-state index is 0.530. The van der Waals surface area contributed by atoms with Crippen LogP contribution in [-0.2, 0) is 0 Å². The van der Waals surface area contributed by atoms with E-state index in [1.807, 2.05) is 0 Å². The Bertz CT molecular complexity index is 534. The van der Waals surface area contributed by atoms with E-state index in [1.165, 1.54) is 116 Å². The van der Waals surface area contributed by atoms with Gasteiger partial charge in [-0.15, -0.1) is 0 Å². The van der Waals surface area contributed by atoms with Crippen LogP contribution in [0.4, 0.5) is 0 Å². The van der Waals surface area contributed by atoms with Gasteiger partial charge in [0, 0.05) is 12.8 Å². The smallest absolute Gasteiger partial charge is 0.162 e. The second-order valence-electron chi connectivity index (χ2n) is 11.7. The Kier molecular flexibility index (Phi) is 30.5. The highest BCUT2D eigenvalue weighted by molar-refractivity contribution is 4.93. The van der Waals surface area contributed by atoms with Crippen LogP contribution < -0.4 is 0 Å². The first-order chi connectivity index (χ1) is 19.1. The van der Waals surface area contributed by atoms with Gasteiger partial charge >= 0.3 is 0 Å². The molecule has 0 heterocycles. The first kappa shape index (κ1) is 37.9. The summed E-state index contributed by atoms with van der Waals surface area (Å²) in [6, 6.07) is 0. The van der Waals surface area contributed by atoms with Crippen molar-refractivity contribution >= 4 is 0 Å². The lowest BCUT2D eigenvalue weighted by Gasteiger charge is -2.21. The number of unbranched alkanes of at least 4 members (excludes halogenated alkanes) is 18. The average molecular weight is 545 g/mol. The third kappa shape index (κ3) is 33.0. The summed E-state index contributed by atoms with van der Waals surface area (Å²) >= 11 is 0. The Morgan fingerprint density at radius 3 is 0.974 bits per heavy atom. The summed E-state index contributed by atoms with van der Waals surface area (Å²) in [7, 11) is 0. The van der Waals surface area contributed by atoms with Crippen molar-refractivity contribution in [1.29, 1.82) is 0 Å². The molecule has 39 heavy (non-hydrogen) atoms. The molecule has 0 rings (SSSR count). The monoisotopic (exact) mass is 545 g/mol. The molecule has 0 bridgehead atoms. The summed E-state index contributed by atoms with van der Waals surface area (Å²) in [6.07, 6.45) is 48.6. The fraction of sp³-hybridized carbons (Fsp3) is 0.784. The minimum atomic E-state index is -1.45. The Labute approximate surface area is 245 Å². The lowest BCUT2D eigenvalue weighted by atomic mass is 9.99. The molecule has 0 aromatic carbocycles. The largest absolute Gasteiger partial charge is 0.366 e. The predicted molar refractivity (Wildman–Crippen MR) is 175 cm³/mol. The lowest BCUT2D eigenvalue weighted by Crippen LogP contribution is -2.27. The van der Waals surface area contributed by atoms with Gasteiger partial charge in [-0.3, -0.25) is 0 Å². The Balaban J connectivity index is 3.42. The Morgan fingerprint density at radius 2 is 0.641 bits per heavy atom. The quantitative estimate of drug-likeness (QED) is 0.0536. The van der Waals surface area contributed by atoms with Crippen LogP contribution in [0.1, 0.15) is 181 Å². The van der Waals surface area contributed by atoms with Gasteiger partial charge in [-0.25, -0.2) is 0 Å². The maximum absolute atomic E-state index is 10.3. The summed E-state index contributed by atoms with van der Waals surface area (Å²) < 4.78 is 0. The molecule has 0 atom stereocenters. The van der Waals surface area contributed by atoms with E-state index in [-0.39, 0.29) is 0 Å². The van der Waals surface area contributed by atoms with Crippen molar-refractivity contribution in [3.63, 3.8) is 0 Å². The normalized spacial score (nSPS) is 12.8. The van der Waals surface area contributed by atoms with Gasteiger partial charge in [0.15, 0.2) is 5.79 Å². The van der Waals surface area contributed by atoms with Gasteiger partial charge in [-0.2, -0.15) is 0 Å². The van der Waals surface area contributed by atoms with Gasteiger partial charge in [0.05, 0.1) is 0 Å². The van der Waals surface area contributed by atoms with Crippen LogP contribution in [0.3, 0.4) is 0 Å². The van der Waals surface area contributed by atoms with Crippen LogP contribution in [0.2, 0.25) is 0 Å². The standard InChI is InChI=1S/C37H68O2/c1-3-5-7-9-11-13-15-17-19-21-23-25-27-29-31-33-35-37(38,39)36-34-32-30-28-26-24-22-20-18-16-14-12-10-8-6-4-2/h11-14,17-20,38-39H,3-10,15-16,21-36H2,1-2H3/b13-11-,14-12-,19-17-,20-18-. The highest BCUT2D eigenvalue weighted by Gasteiger charge is 2.21. The average Bonchev–Trinajstić information content (AvgIpc) is 2.92. The van der Waals surface area contributed by atoms with Crippen LogP contribution in [0, 0.1) is 0 Å². The number of hydrogen-bond acceptors (Lipinski definition) is 2. The van der Waals surface area contributed by atoms with Crippen molar-refractivity contribution in [2.45, 2.75) is 187 Å². The molecule has 228 valence electrons. The van der Waals surface area contributed by atoms with E-state index in [0.717, 1.165) is 38.5 Å². The molecule has 0 aliphatic rings. The molecular weight excluding hydrogens is 476 g/mol. The van der Waals surface area contributed by atoms with E-state index in [4.69, 9.17) is 0 Å². The van der Waals surface area contributed by atoms with Crippen LogP contribution in [0.15, 0.2) is 48.6 Å². The third-order valence-corrected chi connectivity index (χ3v) is 7.56. The van der Waals surface area contributed by atoms with E-state index in [0.29, 0.717) is 12.8 Å². The van der Waals surface area contributed by atoms with Crippen molar-refractivity contribution in [2.24, 2.45) is 0 Å². The maximum Gasteiger partial charge on any atom is 0.162 e.